The maximum absolute atomic E-state index is 12.5. The number of carbonyl (C=O) groups excluding carboxylic acids is 4. The van der Waals surface area contributed by atoms with Gasteiger partial charge in [-0.2, -0.15) is 0 Å². The van der Waals surface area contributed by atoms with Crippen LogP contribution in [-0.2, 0) is 14.3 Å². The monoisotopic (exact) mass is 425 g/mol. The molecule has 0 fully saturated rings. The van der Waals surface area contributed by atoms with Crippen LogP contribution >= 0.6 is 0 Å². The molecule has 3 rings (SSSR count). The lowest BCUT2D eigenvalue weighted by molar-refractivity contribution is -0.146. The Balaban J connectivity index is 1.50. The first kappa shape index (κ1) is 22.0. The number of esters is 1. The third kappa shape index (κ3) is 5.91. The molecule has 0 saturated carbocycles. The average molecular weight is 425 g/mol. The minimum absolute atomic E-state index is 0.0508. The van der Waals surface area contributed by atoms with Crippen molar-refractivity contribution in [2.24, 2.45) is 0 Å². The van der Waals surface area contributed by atoms with E-state index < -0.39 is 12.1 Å². The molecule has 0 spiro atoms. The summed E-state index contributed by atoms with van der Waals surface area (Å²) in [6.45, 7) is 3.74. The molecule has 1 atom stereocenters. The Morgan fingerprint density at radius 2 is 1.58 bits per heavy atom. The Bertz CT molecular complexity index is 997. The lowest BCUT2D eigenvalue weighted by Gasteiger charge is -2.18. The number of benzene rings is 2. The van der Waals surface area contributed by atoms with Crippen molar-refractivity contribution < 1.29 is 33.4 Å². The van der Waals surface area contributed by atoms with Gasteiger partial charge in [0.25, 0.3) is 0 Å². The van der Waals surface area contributed by atoms with E-state index in [-0.39, 0.29) is 30.3 Å². The lowest BCUT2D eigenvalue weighted by atomic mass is 10.1. The Hall–Kier alpha value is -3.68. The molecule has 8 heteroatoms. The fourth-order valence-electron chi connectivity index (χ4n) is 3.04. The van der Waals surface area contributed by atoms with Crippen molar-refractivity contribution in [1.29, 1.82) is 0 Å². The van der Waals surface area contributed by atoms with Crippen molar-refractivity contribution in [2.75, 3.05) is 18.5 Å². The second-order valence-electron chi connectivity index (χ2n) is 7.04. The van der Waals surface area contributed by atoms with Gasteiger partial charge in [0.2, 0.25) is 11.7 Å². The highest BCUT2D eigenvalue weighted by molar-refractivity contribution is 6.01. The molecule has 1 aliphatic heterocycles. The fourth-order valence-corrected chi connectivity index (χ4v) is 3.04. The molecule has 1 heterocycles. The average Bonchev–Trinajstić information content (AvgIpc) is 2.76. The summed E-state index contributed by atoms with van der Waals surface area (Å²) in [5.41, 5.74) is 1.33. The number of amides is 1. The molecule has 0 unspecified atom stereocenters. The number of fused-ring (bicyclic) bond motifs is 1. The van der Waals surface area contributed by atoms with Crippen molar-refractivity contribution in [3.63, 3.8) is 0 Å². The molecule has 2 aromatic rings. The van der Waals surface area contributed by atoms with Crippen LogP contribution in [0.25, 0.3) is 0 Å². The Labute approximate surface area is 179 Å². The summed E-state index contributed by atoms with van der Waals surface area (Å²) in [7, 11) is 0. The maximum Gasteiger partial charge on any atom is 0.306 e. The standard InChI is InChI=1S/C23H23NO7/c1-14(23(28)16-3-6-18(7-4-16)24-15(2)25)31-22(27)10-8-19(26)17-5-9-20-21(13-17)30-12-11-29-20/h3-7,9,13-14H,8,10-12H2,1-2H3,(H,24,25)/t14-/m0/s1. The Morgan fingerprint density at radius 1 is 0.935 bits per heavy atom. The van der Waals surface area contributed by atoms with E-state index in [1.807, 2.05) is 0 Å². The molecule has 2 aromatic carbocycles. The smallest absolute Gasteiger partial charge is 0.306 e. The van der Waals surface area contributed by atoms with Crippen LogP contribution in [0, 0.1) is 0 Å². The quantitative estimate of drug-likeness (QED) is 0.511. The van der Waals surface area contributed by atoms with Crippen LogP contribution < -0.4 is 14.8 Å². The van der Waals surface area contributed by atoms with Gasteiger partial charge in [-0.25, -0.2) is 0 Å². The van der Waals surface area contributed by atoms with Gasteiger partial charge in [-0.05, 0) is 49.4 Å². The van der Waals surface area contributed by atoms with Gasteiger partial charge in [-0.3, -0.25) is 19.2 Å². The van der Waals surface area contributed by atoms with E-state index in [4.69, 9.17) is 14.2 Å². The predicted octanol–water partition coefficient (Wildman–Crippen LogP) is 3.19. The largest absolute Gasteiger partial charge is 0.486 e. The van der Waals surface area contributed by atoms with E-state index >= 15 is 0 Å². The number of anilines is 1. The third-order valence-electron chi connectivity index (χ3n) is 4.59. The highest BCUT2D eigenvalue weighted by atomic mass is 16.6. The van der Waals surface area contributed by atoms with E-state index in [9.17, 15) is 19.2 Å². The zero-order valence-electron chi connectivity index (χ0n) is 17.3. The van der Waals surface area contributed by atoms with Crippen molar-refractivity contribution >= 4 is 29.1 Å². The van der Waals surface area contributed by atoms with Gasteiger partial charge in [0, 0.05) is 30.2 Å². The van der Waals surface area contributed by atoms with Crippen LogP contribution in [0.15, 0.2) is 42.5 Å². The molecule has 0 bridgehead atoms. The first-order valence-corrected chi connectivity index (χ1v) is 9.87. The summed E-state index contributed by atoms with van der Waals surface area (Å²) in [6, 6.07) is 11.2. The fraction of sp³-hybridized carbons (Fsp3) is 0.304. The van der Waals surface area contributed by atoms with Gasteiger partial charge in [0.1, 0.15) is 13.2 Å². The molecule has 31 heavy (non-hydrogen) atoms. The second kappa shape index (κ2) is 9.88. The summed E-state index contributed by atoms with van der Waals surface area (Å²) in [6.07, 6.45) is -1.19. The molecule has 0 saturated heterocycles. The lowest BCUT2D eigenvalue weighted by Crippen LogP contribution is -2.24. The van der Waals surface area contributed by atoms with Gasteiger partial charge in [-0.15, -0.1) is 0 Å². The maximum atomic E-state index is 12.5. The molecule has 0 aromatic heterocycles. The molecule has 1 N–H and O–H groups in total. The number of rotatable bonds is 8. The number of ketones is 2. The molecular formula is C23H23NO7. The SMILES string of the molecule is CC(=O)Nc1ccc(C(=O)[C@H](C)OC(=O)CCC(=O)c2ccc3c(c2)OCCO3)cc1. The normalized spacial score (nSPS) is 13.1. The predicted molar refractivity (Wildman–Crippen MR) is 112 cm³/mol. The minimum atomic E-state index is -0.997. The van der Waals surface area contributed by atoms with Crippen molar-refractivity contribution in [3.05, 3.63) is 53.6 Å². The van der Waals surface area contributed by atoms with E-state index in [1.165, 1.54) is 13.8 Å². The van der Waals surface area contributed by atoms with Crippen LogP contribution in [-0.4, -0.2) is 42.8 Å². The highest BCUT2D eigenvalue weighted by Crippen LogP contribution is 2.31. The number of carbonyl (C=O) groups is 4. The minimum Gasteiger partial charge on any atom is -0.486 e. The highest BCUT2D eigenvalue weighted by Gasteiger charge is 2.21. The summed E-state index contributed by atoms with van der Waals surface area (Å²) >= 11 is 0. The Morgan fingerprint density at radius 3 is 2.26 bits per heavy atom. The first-order valence-electron chi connectivity index (χ1n) is 9.87. The van der Waals surface area contributed by atoms with Gasteiger partial charge >= 0.3 is 5.97 Å². The summed E-state index contributed by atoms with van der Waals surface area (Å²) in [4.78, 5) is 48.0. The molecule has 1 amide bonds. The first-order chi connectivity index (χ1) is 14.8. The van der Waals surface area contributed by atoms with Gasteiger partial charge < -0.3 is 19.5 Å². The van der Waals surface area contributed by atoms with Crippen LogP contribution in [0.1, 0.15) is 47.4 Å². The molecular weight excluding hydrogens is 402 g/mol. The van der Waals surface area contributed by atoms with Crippen LogP contribution in [0.3, 0.4) is 0 Å². The number of ether oxygens (including phenoxy) is 3. The number of hydrogen-bond acceptors (Lipinski definition) is 7. The topological polar surface area (TPSA) is 108 Å². The van der Waals surface area contributed by atoms with Crippen molar-refractivity contribution in [1.82, 2.24) is 0 Å². The van der Waals surface area contributed by atoms with Crippen molar-refractivity contribution in [2.45, 2.75) is 32.8 Å². The number of Topliss-reactive ketones (excluding diaryl/α,β-unsaturated/α-hetero) is 2. The van der Waals surface area contributed by atoms with Gasteiger partial charge in [0.15, 0.2) is 23.4 Å². The Kier molecular flexibility index (Phi) is 7.02. The van der Waals surface area contributed by atoms with Crippen LogP contribution in [0.4, 0.5) is 5.69 Å². The summed E-state index contributed by atoms with van der Waals surface area (Å²) in [5.74, 6) is -0.376. The molecule has 8 nitrogen and oxygen atoms in total. The molecule has 162 valence electrons. The van der Waals surface area contributed by atoms with Gasteiger partial charge in [-0.1, -0.05) is 0 Å². The van der Waals surface area contributed by atoms with Gasteiger partial charge in [0.05, 0.1) is 6.42 Å². The van der Waals surface area contributed by atoms with E-state index in [1.54, 1.807) is 42.5 Å². The third-order valence-corrected chi connectivity index (χ3v) is 4.59. The second-order valence-corrected chi connectivity index (χ2v) is 7.04. The number of nitrogens with one attached hydrogen (secondary N) is 1. The summed E-state index contributed by atoms with van der Waals surface area (Å²) < 4.78 is 16.1. The van der Waals surface area contributed by atoms with E-state index in [0.29, 0.717) is 41.5 Å². The van der Waals surface area contributed by atoms with Crippen LogP contribution in [0.5, 0.6) is 11.5 Å². The van der Waals surface area contributed by atoms with Crippen LogP contribution in [0.2, 0.25) is 0 Å². The zero-order valence-corrected chi connectivity index (χ0v) is 17.3. The molecule has 1 aliphatic rings. The molecule has 0 aliphatic carbocycles. The van der Waals surface area contributed by atoms with E-state index in [0.717, 1.165) is 0 Å². The zero-order chi connectivity index (χ0) is 22.4. The van der Waals surface area contributed by atoms with E-state index in [2.05, 4.69) is 5.32 Å². The number of hydrogen-bond donors (Lipinski definition) is 1. The molecule has 0 radical (unpaired) electrons. The van der Waals surface area contributed by atoms with Crippen molar-refractivity contribution in [3.8, 4) is 11.5 Å². The summed E-state index contributed by atoms with van der Waals surface area (Å²) in [5, 5.41) is 2.61.